The third-order valence-corrected chi connectivity index (χ3v) is 3.77. The summed E-state index contributed by atoms with van der Waals surface area (Å²) in [6.07, 6.45) is 0. The van der Waals surface area contributed by atoms with Crippen LogP contribution in [-0.4, -0.2) is 19.0 Å². The van der Waals surface area contributed by atoms with E-state index in [0.29, 0.717) is 30.3 Å². The van der Waals surface area contributed by atoms with Gasteiger partial charge in [0.05, 0.1) is 10.4 Å². The minimum atomic E-state index is -0.00421. The number of ether oxygens (including phenoxy) is 2. The molecule has 0 spiro atoms. The SMILES string of the molecule is Cc1ccc(C(=O)c2cccc3c2OCCO3)s1. The van der Waals surface area contributed by atoms with Crippen molar-refractivity contribution < 1.29 is 14.3 Å². The van der Waals surface area contributed by atoms with E-state index < -0.39 is 0 Å². The molecule has 1 aliphatic heterocycles. The van der Waals surface area contributed by atoms with Crippen LogP contribution >= 0.6 is 11.3 Å². The highest BCUT2D eigenvalue weighted by Crippen LogP contribution is 2.35. The molecule has 0 saturated heterocycles. The lowest BCUT2D eigenvalue weighted by molar-refractivity contribution is 0.103. The highest BCUT2D eigenvalue weighted by molar-refractivity contribution is 7.14. The van der Waals surface area contributed by atoms with Crippen LogP contribution in [0.25, 0.3) is 0 Å². The summed E-state index contributed by atoms with van der Waals surface area (Å²) in [6.45, 7) is 3.00. The van der Waals surface area contributed by atoms with Crippen molar-refractivity contribution in [1.82, 2.24) is 0 Å². The Balaban J connectivity index is 2.04. The molecule has 92 valence electrons. The van der Waals surface area contributed by atoms with Gasteiger partial charge < -0.3 is 9.47 Å². The fourth-order valence-corrected chi connectivity index (χ4v) is 2.76. The molecule has 1 aromatic heterocycles. The zero-order valence-corrected chi connectivity index (χ0v) is 10.8. The number of carbonyl (C=O) groups is 1. The van der Waals surface area contributed by atoms with Gasteiger partial charge in [-0.2, -0.15) is 0 Å². The Hall–Kier alpha value is -1.81. The third kappa shape index (κ3) is 1.88. The minimum Gasteiger partial charge on any atom is -0.486 e. The second-order valence-electron chi connectivity index (χ2n) is 4.07. The van der Waals surface area contributed by atoms with Gasteiger partial charge in [0.15, 0.2) is 11.5 Å². The number of thiophene rings is 1. The molecule has 0 unspecified atom stereocenters. The van der Waals surface area contributed by atoms with Crippen LogP contribution in [0.4, 0.5) is 0 Å². The molecule has 0 bridgehead atoms. The fourth-order valence-electron chi connectivity index (χ4n) is 1.94. The maximum Gasteiger partial charge on any atom is 0.206 e. The molecule has 3 nitrogen and oxygen atoms in total. The zero-order valence-electron chi connectivity index (χ0n) is 9.93. The smallest absolute Gasteiger partial charge is 0.206 e. The van der Waals surface area contributed by atoms with Crippen LogP contribution < -0.4 is 9.47 Å². The van der Waals surface area contributed by atoms with Crippen molar-refractivity contribution in [3.8, 4) is 11.5 Å². The number of aryl methyl sites for hydroxylation is 1. The van der Waals surface area contributed by atoms with Crippen LogP contribution in [0.3, 0.4) is 0 Å². The van der Waals surface area contributed by atoms with E-state index in [1.807, 2.05) is 31.2 Å². The second kappa shape index (κ2) is 4.46. The van der Waals surface area contributed by atoms with E-state index in [4.69, 9.17) is 9.47 Å². The van der Waals surface area contributed by atoms with Gasteiger partial charge in [-0.1, -0.05) is 6.07 Å². The monoisotopic (exact) mass is 260 g/mol. The van der Waals surface area contributed by atoms with Gasteiger partial charge in [-0.15, -0.1) is 11.3 Å². The molecular weight excluding hydrogens is 248 g/mol. The van der Waals surface area contributed by atoms with E-state index in [9.17, 15) is 4.79 Å². The van der Waals surface area contributed by atoms with Gasteiger partial charge in [-0.05, 0) is 31.2 Å². The number of hydrogen-bond acceptors (Lipinski definition) is 4. The van der Waals surface area contributed by atoms with E-state index in [0.717, 1.165) is 9.75 Å². The molecule has 0 saturated carbocycles. The van der Waals surface area contributed by atoms with E-state index >= 15 is 0 Å². The lowest BCUT2D eigenvalue weighted by atomic mass is 10.1. The predicted octanol–water partition coefficient (Wildman–Crippen LogP) is 3.06. The van der Waals surface area contributed by atoms with Crippen LogP contribution in [-0.2, 0) is 0 Å². The van der Waals surface area contributed by atoms with Gasteiger partial charge >= 0.3 is 0 Å². The number of ketones is 1. The molecule has 2 heterocycles. The van der Waals surface area contributed by atoms with Crippen molar-refractivity contribution in [3.63, 3.8) is 0 Å². The molecule has 0 atom stereocenters. The summed E-state index contributed by atoms with van der Waals surface area (Å²) in [5, 5.41) is 0. The van der Waals surface area contributed by atoms with E-state index in [1.165, 1.54) is 11.3 Å². The summed E-state index contributed by atoms with van der Waals surface area (Å²) in [6, 6.07) is 9.23. The van der Waals surface area contributed by atoms with Crippen LogP contribution in [0.15, 0.2) is 30.3 Å². The number of rotatable bonds is 2. The largest absolute Gasteiger partial charge is 0.486 e. The Kier molecular flexibility index (Phi) is 2.80. The predicted molar refractivity (Wildman–Crippen MR) is 69.9 cm³/mol. The molecule has 1 aromatic carbocycles. The number of benzene rings is 1. The van der Waals surface area contributed by atoms with Crippen molar-refractivity contribution >= 4 is 17.1 Å². The maximum absolute atomic E-state index is 12.4. The number of fused-ring (bicyclic) bond motifs is 1. The van der Waals surface area contributed by atoms with Crippen molar-refractivity contribution in [1.29, 1.82) is 0 Å². The second-order valence-corrected chi connectivity index (χ2v) is 5.36. The van der Waals surface area contributed by atoms with E-state index in [2.05, 4.69) is 0 Å². The Morgan fingerprint density at radius 3 is 2.78 bits per heavy atom. The van der Waals surface area contributed by atoms with Crippen molar-refractivity contribution in [2.45, 2.75) is 6.92 Å². The lowest BCUT2D eigenvalue weighted by Crippen LogP contribution is -2.17. The van der Waals surface area contributed by atoms with Crippen molar-refractivity contribution in [2.75, 3.05) is 13.2 Å². The first-order chi connectivity index (χ1) is 8.75. The number of carbonyl (C=O) groups excluding carboxylic acids is 1. The van der Waals surface area contributed by atoms with E-state index in [1.54, 1.807) is 6.07 Å². The zero-order chi connectivity index (χ0) is 12.5. The summed E-state index contributed by atoms with van der Waals surface area (Å²) in [5.74, 6) is 1.22. The van der Waals surface area contributed by atoms with Crippen LogP contribution in [0.2, 0.25) is 0 Å². The average Bonchev–Trinajstić information content (AvgIpc) is 2.84. The molecule has 3 rings (SSSR count). The third-order valence-electron chi connectivity index (χ3n) is 2.77. The van der Waals surface area contributed by atoms with Gasteiger partial charge in [0.1, 0.15) is 13.2 Å². The van der Waals surface area contributed by atoms with Gasteiger partial charge in [0.25, 0.3) is 0 Å². The molecule has 2 aromatic rings. The van der Waals surface area contributed by atoms with Gasteiger partial charge in [0, 0.05) is 4.88 Å². The Morgan fingerprint density at radius 1 is 1.17 bits per heavy atom. The molecular formula is C14H12O3S. The fraction of sp³-hybridized carbons (Fsp3) is 0.214. The van der Waals surface area contributed by atoms with Crippen molar-refractivity contribution in [3.05, 3.63) is 45.6 Å². The van der Waals surface area contributed by atoms with Gasteiger partial charge in [-0.3, -0.25) is 4.79 Å². The molecule has 0 N–H and O–H groups in total. The van der Waals surface area contributed by atoms with Crippen LogP contribution in [0, 0.1) is 6.92 Å². The van der Waals surface area contributed by atoms with E-state index in [-0.39, 0.29) is 5.78 Å². The Bertz CT molecular complexity index is 601. The number of para-hydroxylation sites is 1. The highest BCUT2D eigenvalue weighted by atomic mass is 32.1. The maximum atomic E-state index is 12.4. The Labute approximate surface area is 109 Å². The Morgan fingerprint density at radius 2 is 2.00 bits per heavy atom. The van der Waals surface area contributed by atoms with Gasteiger partial charge in [-0.25, -0.2) is 0 Å². The molecule has 0 amide bonds. The molecule has 1 aliphatic rings. The quantitative estimate of drug-likeness (QED) is 0.778. The van der Waals surface area contributed by atoms with Crippen LogP contribution in [0.1, 0.15) is 20.1 Å². The first kappa shape index (κ1) is 11.3. The van der Waals surface area contributed by atoms with Crippen LogP contribution in [0.5, 0.6) is 11.5 Å². The summed E-state index contributed by atoms with van der Waals surface area (Å²) in [4.78, 5) is 14.3. The normalized spacial score (nSPS) is 13.4. The highest BCUT2D eigenvalue weighted by Gasteiger charge is 2.21. The minimum absolute atomic E-state index is 0.00421. The lowest BCUT2D eigenvalue weighted by Gasteiger charge is -2.20. The summed E-state index contributed by atoms with van der Waals surface area (Å²) < 4.78 is 11.0. The van der Waals surface area contributed by atoms with Gasteiger partial charge in [0.2, 0.25) is 5.78 Å². The summed E-state index contributed by atoms with van der Waals surface area (Å²) >= 11 is 1.50. The standard InChI is InChI=1S/C14H12O3S/c1-9-5-6-12(18-9)13(15)10-3-2-4-11-14(10)17-8-7-16-11/h2-6H,7-8H2,1H3. The molecule has 18 heavy (non-hydrogen) atoms. The topological polar surface area (TPSA) is 35.5 Å². The molecule has 0 aliphatic carbocycles. The summed E-state index contributed by atoms with van der Waals surface area (Å²) in [5.41, 5.74) is 0.578. The molecule has 0 fully saturated rings. The summed E-state index contributed by atoms with van der Waals surface area (Å²) in [7, 11) is 0. The average molecular weight is 260 g/mol. The molecule has 4 heteroatoms. The molecule has 0 radical (unpaired) electrons. The first-order valence-electron chi connectivity index (χ1n) is 5.75. The van der Waals surface area contributed by atoms with Crippen molar-refractivity contribution in [2.24, 2.45) is 0 Å². The number of hydrogen-bond donors (Lipinski definition) is 0. The first-order valence-corrected chi connectivity index (χ1v) is 6.57.